The molecule has 1 aliphatic rings. The van der Waals surface area contributed by atoms with E-state index in [1.54, 1.807) is 0 Å². The van der Waals surface area contributed by atoms with Crippen LogP contribution in [-0.4, -0.2) is 66.9 Å². The first kappa shape index (κ1) is 14.9. The van der Waals surface area contributed by atoms with E-state index in [9.17, 15) is 9.59 Å². The predicted octanol–water partition coefficient (Wildman–Crippen LogP) is -0.996. The number of hydrogen-bond acceptors (Lipinski definition) is 4. The van der Waals surface area contributed by atoms with Gasteiger partial charge >= 0.3 is 0 Å². The van der Waals surface area contributed by atoms with Crippen LogP contribution in [0.4, 0.5) is 0 Å². The van der Waals surface area contributed by atoms with Crippen LogP contribution < -0.4 is 11.1 Å². The topological polar surface area (TPSA) is 78.7 Å². The monoisotopic (exact) mass is 256 g/mol. The number of carbonyl (C=O) groups is 2. The van der Waals surface area contributed by atoms with Gasteiger partial charge in [-0.15, -0.1) is 0 Å². The molecular weight excluding hydrogens is 232 g/mol. The van der Waals surface area contributed by atoms with Gasteiger partial charge in [-0.25, -0.2) is 0 Å². The molecule has 0 aromatic rings. The highest BCUT2D eigenvalue weighted by Gasteiger charge is 2.22. The lowest BCUT2D eigenvalue weighted by Gasteiger charge is -2.34. The Kier molecular flexibility index (Phi) is 6.07. The van der Waals surface area contributed by atoms with E-state index in [0.29, 0.717) is 32.6 Å². The lowest BCUT2D eigenvalue weighted by molar-refractivity contribution is -0.133. The number of amides is 2. The van der Waals surface area contributed by atoms with Crippen molar-refractivity contribution < 1.29 is 9.59 Å². The number of carbonyl (C=O) groups excluding carboxylic acids is 2. The average Bonchev–Trinajstić information content (AvgIpc) is 2.29. The second kappa shape index (κ2) is 7.33. The normalized spacial score (nSPS) is 18.5. The SMILES string of the molecule is CCNC(=O)CN1CCN(C(=O)CC(C)N)CC1. The van der Waals surface area contributed by atoms with Gasteiger partial charge in [-0.2, -0.15) is 0 Å². The van der Waals surface area contributed by atoms with Gasteiger partial charge in [-0.05, 0) is 13.8 Å². The molecule has 18 heavy (non-hydrogen) atoms. The highest BCUT2D eigenvalue weighted by Crippen LogP contribution is 2.04. The average molecular weight is 256 g/mol. The van der Waals surface area contributed by atoms with Crippen LogP contribution in [0.25, 0.3) is 0 Å². The van der Waals surface area contributed by atoms with Crippen molar-refractivity contribution in [3.8, 4) is 0 Å². The number of nitrogens with one attached hydrogen (secondary N) is 1. The molecule has 0 spiro atoms. The van der Waals surface area contributed by atoms with Crippen LogP contribution in [0.2, 0.25) is 0 Å². The van der Waals surface area contributed by atoms with E-state index in [0.717, 1.165) is 13.1 Å². The molecule has 1 heterocycles. The van der Waals surface area contributed by atoms with Gasteiger partial charge in [0.2, 0.25) is 11.8 Å². The summed E-state index contributed by atoms with van der Waals surface area (Å²) in [6.07, 6.45) is 0.399. The molecule has 0 bridgehead atoms. The molecule has 2 amide bonds. The van der Waals surface area contributed by atoms with E-state index in [1.165, 1.54) is 0 Å². The minimum Gasteiger partial charge on any atom is -0.355 e. The van der Waals surface area contributed by atoms with Crippen LogP contribution in [0, 0.1) is 0 Å². The molecular formula is C12H24N4O2. The molecule has 1 fully saturated rings. The van der Waals surface area contributed by atoms with Gasteiger partial charge in [0.05, 0.1) is 6.54 Å². The van der Waals surface area contributed by atoms with Crippen molar-refractivity contribution in [1.29, 1.82) is 0 Å². The summed E-state index contributed by atoms with van der Waals surface area (Å²) in [7, 11) is 0. The Bertz CT molecular complexity index is 286. The summed E-state index contributed by atoms with van der Waals surface area (Å²) in [6.45, 7) is 7.69. The predicted molar refractivity (Wildman–Crippen MR) is 70.0 cm³/mol. The highest BCUT2D eigenvalue weighted by molar-refractivity contribution is 5.78. The number of hydrogen-bond donors (Lipinski definition) is 2. The van der Waals surface area contributed by atoms with Crippen LogP contribution in [0.5, 0.6) is 0 Å². The summed E-state index contributed by atoms with van der Waals surface area (Å²) < 4.78 is 0. The Hall–Kier alpha value is -1.14. The smallest absolute Gasteiger partial charge is 0.234 e. The van der Waals surface area contributed by atoms with Crippen molar-refractivity contribution in [2.75, 3.05) is 39.3 Å². The Balaban J connectivity index is 2.28. The Labute approximate surface area is 108 Å². The number of likely N-dealkylation sites (N-methyl/N-ethyl adjacent to an activating group) is 1. The third-order valence-corrected chi connectivity index (χ3v) is 2.96. The summed E-state index contributed by atoms with van der Waals surface area (Å²) in [5, 5.41) is 2.78. The molecule has 104 valence electrons. The van der Waals surface area contributed by atoms with E-state index in [1.807, 2.05) is 18.7 Å². The first-order chi connectivity index (χ1) is 8.52. The third kappa shape index (κ3) is 5.01. The minimum atomic E-state index is -0.0918. The fraction of sp³-hybridized carbons (Fsp3) is 0.833. The fourth-order valence-electron chi connectivity index (χ4n) is 2.02. The van der Waals surface area contributed by atoms with Gasteiger partial charge in [-0.3, -0.25) is 14.5 Å². The summed E-state index contributed by atoms with van der Waals surface area (Å²) in [5.41, 5.74) is 5.62. The lowest BCUT2D eigenvalue weighted by Crippen LogP contribution is -2.51. The van der Waals surface area contributed by atoms with Crippen LogP contribution in [0.3, 0.4) is 0 Å². The maximum atomic E-state index is 11.8. The van der Waals surface area contributed by atoms with E-state index >= 15 is 0 Å². The molecule has 6 heteroatoms. The largest absolute Gasteiger partial charge is 0.355 e. The fourth-order valence-corrected chi connectivity index (χ4v) is 2.02. The maximum Gasteiger partial charge on any atom is 0.234 e. The highest BCUT2D eigenvalue weighted by atomic mass is 16.2. The molecule has 6 nitrogen and oxygen atoms in total. The van der Waals surface area contributed by atoms with Crippen molar-refractivity contribution in [2.24, 2.45) is 5.73 Å². The van der Waals surface area contributed by atoms with E-state index in [4.69, 9.17) is 5.73 Å². The first-order valence-electron chi connectivity index (χ1n) is 6.55. The summed E-state index contributed by atoms with van der Waals surface area (Å²) in [5.74, 6) is 0.163. The van der Waals surface area contributed by atoms with E-state index in [-0.39, 0.29) is 17.9 Å². The van der Waals surface area contributed by atoms with Gasteiger partial charge < -0.3 is 16.0 Å². The Morgan fingerprint density at radius 2 is 1.89 bits per heavy atom. The summed E-state index contributed by atoms with van der Waals surface area (Å²) >= 11 is 0. The number of piperazine rings is 1. The van der Waals surface area contributed by atoms with Gasteiger partial charge in [0.1, 0.15) is 0 Å². The molecule has 1 atom stereocenters. The van der Waals surface area contributed by atoms with Crippen LogP contribution in [-0.2, 0) is 9.59 Å². The zero-order valence-corrected chi connectivity index (χ0v) is 11.3. The van der Waals surface area contributed by atoms with Gasteiger partial charge in [-0.1, -0.05) is 0 Å². The molecule has 1 unspecified atom stereocenters. The van der Waals surface area contributed by atoms with Crippen molar-refractivity contribution in [1.82, 2.24) is 15.1 Å². The van der Waals surface area contributed by atoms with Crippen molar-refractivity contribution in [3.05, 3.63) is 0 Å². The van der Waals surface area contributed by atoms with Gasteiger partial charge in [0, 0.05) is 45.2 Å². The molecule has 0 aromatic heterocycles. The van der Waals surface area contributed by atoms with Gasteiger partial charge in [0.25, 0.3) is 0 Å². The van der Waals surface area contributed by atoms with Crippen LogP contribution >= 0.6 is 0 Å². The Morgan fingerprint density at radius 1 is 1.28 bits per heavy atom. The molecule has 1 saturated heterocycles. The second-order valence-corrected chi connectivity index (χ2v) is 4.79. The first-order valence-corrected chi connectivity index (χ1v) is 6.55. The molecule has 1 rings (SSSR count). The summed E-state index contributed by atoms with van der Waals surface area (Å²) in [4.78, 5) is 27.1. The Morgan fingerprint density at radius 3 is 2.39 bits per heavy atom. The molecule has 1 aliphatic heterocycles. The van der Waals surface area contributed by atoms with Crippen molar-refractivity contribution in [2.45, 2.75) is 26.3 Å². The number of rotatable bonds is 5. The third-order valence-electron chi connectivity index (χ3n) is 2.96. The standard InChI is InChI=1S/C12H24N4O2/c1-3-14-11(17)9-15-4-6-16(7-5-15)12(18)8-10(2)13/h10H,3-9,13H2,1-2H3,(H,14,17). The van der Waals surface area contributed by atoms with E-state index < -0.39 is 0 Å². The van der Waals surface area contributed by atoms with Crippen LogP contribution in [0.15, 0.2) is 0 Å². The minimum absolute atomic E-state index is 0.0489. The molecule has 3 N–H and O–H groups in total. The molecule has 0 aromatic carbocycles. The van der Waals surface area contributed by atoms with Crippen LogP contribution in [0.1, 0.15) is 20.3 Å². The summed E-state index contributed by atoms with van der Waals surface area (Å²) in [6, 6.07) is -0.0918. The molecule has 0 saturated carbocycles. The number of nitrogens with two attached hydrogens (primary N) is 1. The second-order valence-electron chi connectivity index (χ2n) is 4.79. The van der Waals surface area contributed by atoms with Gasteiger partial charge in [0.15, 0.2) is 0 Å². The van der Waals surface area contributed by atoms with E-state index in [2.05, 4.69) is 10.2 Å². The van der Waals surface area contributed by atoms with Crippen molar-refractivity contribution in [3.63, 3.8) is 0 Å². The quantitative estimate of drug-likeness (QED) is 0.661. The lowest BCUT2D eigenvalue weighted by atomic mass is 10.2. The van der Waals surface area contributed by atoms with Crippen molar-refractivity contribution >= 4 is 11.8 Å². The zero-order chi connectivity index (χ0) is 13.5. The maximum absolute atomic E-state index is 11.8. The zero-order valence-electron chi connectivity index (χ0n) is 11.3. The molecule has 0 radical (unpaired) electrons. The number of nitrogens with zero attached hydrogens (tertiary/aromatic N) is 2. The molecule has 0 aliphatic carbocycles.